The lowest BCUT2D eigenvalue weighted by atomic mass is 9.90. The number of ketones is 1. The van der Waals surface area contributed by atoms with Crippen LogP contribution >= 0.6 is 0 Å². The molecule has 254 valence electrons. The molecule has 0 unspecified atom stereocenters. The first-order valence-electron chi connectivity index (χ1n) is 16.9. The normalized spacial score (nSPS) is 13.6. The number of rotatable bonds is 27. The second-order valence-electron chi connectivity index (χ2n) is 11.7. The van der Waals surface area contributed by atoms with E-state index in [1.165, 1.54) is 13.2 Å². The van der Waals surface area contributed by atoms with Gasteiger partial charge in [0, 0.05) is 24.8 Å². The molecule has 0 aromatic carbocycles. The van der Waals surface area contributed by atoms with Gasteiger partial charge in [-0.15, -0.1) is 0 Å². The smallest absolute Gasteiger partial charge is 0.407 e. The third-order valence-corrected chi connectivity index (χ3v) is 7.79. The Morgan fingerprint density at radius 2 is 1.27 bits per heavy atom. The van der Waals surface area contributed by atoms with Gasteiger partial charge in [-0.25, -0.2) is 9.59 Å². The summed E-state index contributed by atoms with van der Waals surface area (Å²) in [6.07, 6.45) is 12.8. The molecule has 0 saturated heterocycles. The van der Waals surface area contributed by atoms with Crippen LogP contribution in [0.1, 0.15) is 130 Å². The number of unbranched alkanes of at least 4 members (excludes halogenated alkanes) is 7. The number of hydrogen-bond donors (Lipinski definition) is 3. The van der Waals surface area contributed by atoms with Gasteiger partial charge < -0.3 is 25.4 Å². The van der Waals surface area contributed by atoms with E-state index in [2.05, 4.69) is 43.3 Å². The quantitative estimate of drug-likeness (QED) is 0.0565. The zero-order valence-electron chi connectivity index (χ0n) is 28.2. The summed E-state index contributed by atoms with van der Waals surface area (Å²) < 4.78 is 9.81. The summed E-state index contributed by atoms with van der Waals surface area (Å²) in [5.74, 6) is -1.97. The Morgan fingerprint density at radius 1 is 0.727 bits per heavy atom. The van der Waals surface area contributed by atoms with Gasteiger partial charge in [-0.05, 0) is 38.5 Å². The van der Waals surface area contributed by atoms with Crippen LogP contribution in [-0.2, 0) is 28.7 Å². The van der Waals surface area contributed by atoms with Crippen LogP contribution in [0, 0.1) is 11.8 Å². The molecule has 0 aromatic rings. The number of Topliss-reactive ketones (excluding diaryl/α,β-unsaturated/α-hetero) is 1. The molecule has 3 amide bonds. The summed E-state index contributed by atoms with van der Waals surface area (Å²) in [7, 11) is 1.27. The summed E-state index contributed by atoms with van der Waals surface area (Å²) in [6, 6.07) is -1.50. The summed E-state index contributed by atoms with van der Waals surface area (Å²) in [6.45, 7) is 12.2. The van der Waals surface area contributed by atoms with Gasteiger partial charge in [-0.3, -0.25) is 14.4 Å². The number of alkyl carbamates (subject to hydrolysis) is 1. The molecule has 3 N–H and O–H groups in total. The zero-order chi connectivity index (χ0) is 33.2. The number of amides is 3. The zero-order valence-corrected chi connectivity index (χ0v) is 28.2. The van der Waals surface area contributed by atoms with Crippen LogP contribution in [0.3, 0.4) is 0 Å². The average Bonchev–Trinajstić information content (AvgIpc) is 3.01. The van der Waals surface area contributed by atoms with Crippen molar-refractivity contribution >= 4 is 29.7 Å². The molecular weight excluding hydrogens is 562 g/mol. The number of carbonyl (C=O) groups is 5. The Kier molecular flexibility index (Phi) is 24.7. The van der Waals surface area contributed by atoms with Crippen molar-refractivity contribution in [2.45, 2.75) is 143 Å². The fourth-order valence-corrected chi connectivity index (χ4v) is 4.94. The number of nitrogens with one attached hydrogen (secondary N) is 3. The predicted molar refractivity (Wildman–Crippen MR) is 174 cm³/mol. The van der Waals surface area contributed by atoms with Crippen LogP contribution < -0.4 is 16.0 Å². The van der Waals surface area contributed by atoms with Crippen molar-refractivity contribution in [3.05, 3.63) is 12.7 Å². The molecular formula is C34H61N3O7. The Bertz CT molecular complexity index is 849. The van der Waals surface area contributed by atoms with E-state index in [1.807, 2.05) is 6.92 Å². The van der Waals surface area contributed by atoms with Gasteiger partial charge >= 0.3 is 12.1 Å². The number of ether oxygens (including phenoxy) is 2. The lowest BCUT2D eigenvalue weighted by molar-refractivity contribution is -0.146. The number of methoxy groups -OCH3 is 1. The Hall–Kier alpha value is -2.91. The van der Waals surface area contributed by atoms with Gasteiger partial charge in [0.15, 0.2) is 5.78 Å². The van der Waals surface area contributed by atoms with E-state index in [-0.39, 0.29) is 36.5 Å². The molecule has 0 saturated carbocycles. The molecule has 4 atom stereocenters. The summed E-state index contributed by atoms with van der Waals surface area (Å²) >= 11 is 0. The van der Waals surface area contributed by atoms with Crippen molar-refractivity contribution in [2.75, 3.05) is 20.3 Å². The van der Waals surface area contributed by atoms with Crippen molar-refractivity contribution in [3.8, 4) is 0 Å². The molecule has 0 rings (SSSR count). The Labute approximate surface area is 266 Å². The summed E-state index contributed by atoms with van der Waals surface area (Å²) in [5.41, 5.74) is 0. The summed E-state index contributed by atoms with van der Waals surface area (Å²) in [4.78, 5) is 64.2. The van der Waals surface area contributed by atoms with Gasteiger partial charge in [0.25, 0.3) is 0 Å². The first-order valence-corrected chi connectivity index (χ1v) is 16.9. The topological polar surface area (TPSA) is 140 Å². The van der Waals surface area contributed by atoms with Crippen LogP contribution in [0.4, 0.5) is 4.79 Å². The molecule has 0 aliphatic carbocycles. The van der Waals surface area contributed by atoms with E-state index in [4.69, 9.17) is 9.47 Å². The lowest BCUT2D eigenvalue weighted by Gasteiger charge is -2.24. The van der Waals surface area contributed by atoms with Gasteiger partial charge in [-0.2, -0.15) is 0 Å². The van der Waals surface area contributed by atoms with E-state index in [1.54, 1.807) is 0 Å². The third-order valence-electron chi connectivity index (χ3n) is 7.79. The van der Waals surface area contributed by atoms with Crippen LogP contribution in [0.25, 0.3) is 0 Å². The second-order valence-corrected chi connectivity index (χ2v) is 11.7. The number of esters is 1. The molecule has 10 nitrogen and oxygen atoms in total. The van der Waals surface area contributed by atoms with E-state index in [0.29, 0.717) is 38.6 Å². The molecule has 0 radical (unpaired) electrons. The predicted octanol–water partition coefficient (Wildman–Crippen LogP) is 6.16. The van der Waals surface area contributed by atoms with Crippen molar-refractivity contribution < 1.29 is 33.4 Å². The fraction of sp³-hybridized carbons (Fsp3) is 0.794. The van der Waals surface area contributed by atoms with E-state index in [0.717, 1.165) is 64.2 Å². The SMILES string of the molecule is C=CCOC(=O)NCCCC[C@H](NC(=O)[C@H](CCCCC)CC(=O)[C@H](CCCCC)NC(=O)[C@@H](C)CCCCC)C(=O)OC. The lowest BCUT2D eigenvalue weighted by Crippen LogP contribution is -2.47. The van der Waals surface area contributed by atoms with E-state index < -0.39 is 30.1 Å². The minimum Gasteiger partial charge on any atom is -0.467 e. The molecule has 10 heteroatoms. The van der Waals surface area contributed by atoms with Gasteiger partial charge in [-0.1, -0.05) is 98.1 Å². The average molecular weight is 624 g/mol. The largest absolute Gasteiger partial charge is 0.467 e. The maximum Gasteiger partial charge on any atom is 0.407 e. The minimum absolute atomic E-state index is 0.00146. The van der Waals surface area contributed by atoms with Gasteiger partial charge in [0.05, 0.1) is 13.2 Å². The highest BCUT2D eigenvalue weighted by molar-refractivity contribution is 5.93. The number of carbonyl (C=O) groups excluding carboxylic acids is 5. The van der Waals surface area contributed by atoms with Crippen molar-refractivity contribution in [1.29, 1.82) is 0 Å². The van der Waals surface area contributed by atoms with Gasteiger partial charge in [0.2, 0.25) is 11.8 Å². The molecule has 44 heavy (non-hydrogen) atoms. The molecule has 0 aromatic heterocycles. The maximum absolute atomic E-state index is 13.6. The first kappa shape index (κ1) is 41.1. The van der Waals surface area contributed by atoms with Crippen LogP contribution in [0.2, 0.25) is 0 Å². The van der Waals surface area contributed by atoms with Crippen molar-refractivity contribution in [3.63, 3.8) is 0 Å². The van der Waals surface area contributed by atoms with Crippen molar-refractivity contribution in [2.24, 2.45) is 11.8 Å². The van der Waals surface area contributed by atoms with Gasteiger partial charge in [0.1, 0.15) is 12.6 Å². The molecule has 0 bridgehead atoms. The highest BCUT2D eigenvalue weighted by Crippen LogP contribution is 2.19. The van der Waals surface area contributed by atoms with E-state index >= 15 is 0 Å². The van der Waals surface area contributed by atoms with Crippen LogP contribution in [-0.4, -0.2) is 62.0 Å². The molecule has 0 spiro atoms. The Balaban J connectivity index is 5.45. The fourth-order valence-electron chi connectivity index (χ4n) is 4.94. The van der Waals surface area contributed by atoms with Crippen molar-refractivity contribution in [1.82, 2.24) is 16.0 Å². The second kappa shape index (κ2) is 26.5. The third kappa shape index (κ3) is 19.4. The highest BCUT2D eigenvalue weighted by Gasteiger charge is 2.30. The highest BCUT2D eigenvalue weighted by atomic mass is 16.5. The molecule has 0 aliphatic rings. The Morgan fingerprint density at radius 3 is 1.86 bits per heavy atom. The minimum atomic E-state index is -0.868. The number of hydrogen-bond acceptors (Lipinski definition) is 7. The molecule has 0 fully saturated rings. The van der Waals surface area contributed by atoms with E-state index in [9.17, 15) is 24.0 Å². The monoisotopic (exact) mass is 623 g/mol. The standard InChI is InChI=1S/C34H61N3O7/c1-7-11-14-19-26(5)31(39)36-28(21-16-13-9-3)30(38)25-27(20-15-12-8-2)32(40)37-29(33(41)43-6)22-17-18-23-35-34(42)44-24-10-4/h10,26-29H,4,7-9,11-25H2,1-3,5-6H3,(H,35,42)(H,36,39)(H,37,40)/t26-,27+,28-,29-/m0/s1. The first-order chi connectivity index (χ1) is 21.1. The molecule has 0 heterocycles. The molecule has 0 aliphatic heterocycles. The maximum atomic E-state index is 13.6. The van der Waals surface area contributed by atoms with Crippen LogP contribution in [0.15, 0.2) is 12.7 Å². The summed E-state index contributed by atoms with van der Waals surface area (Å²) in [5, 5.41) is 8.46. The van der Waals surface area contributed by atoms with Crippen LogP contribution in [0.5, 0.6) is 0 Å².